The lowest BCUT2D eigenvalue weighted by atomic mass is 10.1. The highest BCUT2D eigenvalue weighted by Gasteiger charge is 2.39. The Labute approximate surface area is 174 Å². The minimum atomic E-state index is -0.650. The number of carbonyl (C=O) groups excluding carboxylic acids is 3. The van der Waals surface area contributed by atoms with E-state index in [1.54, 1.807) is 32.0 Å². The fourth-order valence-corrected chi connectivity index (χ4v) is 3.20. The maximum Gasteiger partial charge on any atom is 0.338 e. The first kappa shape index (κ1) is 20.6. The van der Waals surface area contributed by atoms with Crippen LogP contribution in [-0.2, 0) is 20.7 Å². The summed E-state index contributed by atoms with van der Waals surface area (Å²) in [7, 11) is 0. The van der Waals surface area contributed by atoms with Gasteiger partial charge in [-0.25, -0.2) is 9.69 Å². The Morgan fingerprint density at radius 3 is 2.52 bits per heavy atom. The summed E-state index contributed by atoms with van der Waals surface area (Å²) >= 11 is 6.20. The number of nitrogens with one attached hydrogen (secondary N) is 1. The van der Waals surface area contributed by atoms with Gasteiger partial charge in [-0.15, -0.1) is 0 Å². The number of esters is 1. The Balaban J connectivity index is 1.90. The van der Waals surface area contributed by atoms with Crippen LogP contribution in [0.3, 0.4) is 0 Å². The van der Waals surface area contributed by atoms with Crippen LogP contribution in [0.4, 0.5) is 11.4 Å². The highest BCUT2D eigenvalue weighted by molar-refractivity contribution is 6.53. The largest absolute Gasteiger partial charge is 0.459 e. The van der Waals surface area contributed by atoms with Gasteiger partial charge in [0.1, 0.15) is 10.7 Å². The van der Waals surface area contributed by atoms with Crippen molar-refractivity contribution < 1.29 is 19.1 Å². The number of aryl methyl sites for hydroxylation is 1. The molecular weight excluding hydrogens is 392 g/mol. The molecule has 0 aliphatic carbocycles. The van der Waals surface area contributed by atoms with Crippen LogP contribution >= 0.6 is 11.6 Å². The number of nitrogens with zero attached hydrogens (tertiary/aromatic N) is 1. The van der Waals surface area contributed by atoms with Crippen LogP contribution in [0.25, 0.3) is 0 Å². The Kier molecular flexibility index (Phi) is 6.03. The van der Waals surface area contributed by atoms with E-state index in [1.165, 1.54) is 6.07 Å². The Morgan fingerprint density at radius 2 is 1.83 bits per heavy atom. The van der Waals surface area contributed by atoms with E-state index >= 15 is 0 Å². The van der Waals surface area contributed by atoms with Crippen LogP contribution < -0.4 is 10.2 Å². The van der Waals surface area contributed by atoms with Crippen molar-refractivity contribution in [2.45, 2.75) is 33.3 Å². The van der Waals surface area contributed by atoms with Crippen molar-refractivity contribution in [3.8, 4) is 0 Å². The monoisotopic (exact) mass is 412 g/mol. The fraction of sp³-hybridized carbons (Fsp3) is 0.227. The Morgan fingerprint density at radius 1 is 1.10 bits per heavy atom. The fourth-order valence-electron chi connectivity index (χ4n) is 2.99. The third-order valence-electron chi connectivity index (χ3n) is 4.37. The van der Waals surface area contributed by atoms with Gasteiger partial charge >= 0.3 is 5.97 Å². The zero-order valence-electron chi connectivity index (χ0n) is 16.4. The van der Waals surface area contributed by atoms with Crippen LogP contribution in [0.15, 0.2) is 59.3 Å². The minimum Gasteiger partial charge on any atom is -0.459 e. The van der Waals surface area contributed by atoms with Crippen molar-refractivity contribution in [1.82, 2.24) is 0 Å². The molecule has 0 bridgehead atoms. The van der Waals surface area contributed by atoms with Crippen molar-refractivity contribution >= 4 is 40.8 Å². The summed E-state index contributed by atoms with van der Waals surface area (Å²) in [6.07, 6.45) is 0.465. The molecule has 0 aromatic heterocycles. The first-order valence-corrected chi connectivity index (χ1v) is 9.65. The van der Waals surface area contributed by atoms with Crippen molar-refractivity contribution in [2.24, 2.45) is 0 Å². The van der Waals surface area contributed by atoms with Gasteiger partial charge in [0.05, 0.1) is 17.4 Å². The molecule has 0 saturated heterocycles. The molecule has 7 heteroatoms. The first-order chi connectivity index (χ1) is 13.8. The van der Waals surface area contributed by atoms with Crippen LogP contribution in [-0.4, -0.2) is 23.9 Å². The maximum absolute atomic E-state index is 13.0. The maximum atomic E-state index is 13.0. The zero-order chi connectivity index (χ0) is 21.1. The molecule has 0 saturated carbocycles. The van der Waals surface area contributed by atoms with Crippen molar-refractivity contribution in [1.29, 1.82) is 0 Å². The number of ether oxygens (including phenoxy) is 1. The average Bonchev–Trinajstić information content (AvgIpc) is 2.91. The summed E-state index contributed by atoms with van der Waals surface area (Å²) in [4.78, 5) is 38.8. The Hall–Kier alpha value is -3.12. The van der Waals surface area contributed by atoms with Gasteiger partial charge in [0.2, 0.25) is 0 Å². The first-order valence-electron chi connectivity index (χ1n) is 9.28. The molecule has 29 heavy (non-hydrogen) atoms. The number of para-hydroxylation sites is 1. The molecule has 2 amide bonds. The van der Waals surface area contributed by atoms with E-state index in [2.05, 4.69) is 5.32 Å². The SMILES string of the molecule is CCc1ccccc1NC1=C(Cl)C(=O)N(c2cccc(C(=O)OC(C)C)c2)C1=O. The summed E-state index contributed by atoms with van der Waals surface area (Å²) in [5.74, 6) is -1.77. The summed E-state index contributed by atoms with van der Waals surface area (Å²) in [6, 6.07) is 13.6. The molecule has 1 aliphatic rings. The number of imide groups is 1. The molecule has 0 radical (unpaired) electrons. The number of halogens is 1. The normalized spacial score (nSPS) is 14.0. The van der Waals surface area contributed by atoms with Gasteiger partial charge in [-0.2, -0.15) is 0 Å². The van der Waals surface area contributed by atoms with Crippen LogP contribution in [0.1, 0.15) is 36.7 Å². The molecule has 2 aromatic rings. The van der Waals surface area contributed by atoms with E-state index < -0.39 is 17.8 Å². The quantitative estimate of drug-likeness (QED) is 0.567. The van der Waals surface area contributed by atoms with Crippen molar-refractivity contribution in [2.75, 3.05) is 10.2 Å². The third kappa shape index (κ3) is 4.17. The predicted octanol–water partition coefficient (Wildman–Crippen LogP) is 4.25. The molecule has 3 rings (SSSR count). The van der Waals surface area contributed by atoms with E-state index in [4.69, 9.17) is 16.3 Å². The van der Waals surface area contributed by atoms with E-state index in [9.17, 15) is 14.4 Å². The van der Waals surface area contributed by atoms with Gasteiger partial charge in [0.25, 0.3) is 11.8 Å². The lowest BCUT2D eigenvalue weighted by molar-refractivity contribution is -0.120. The molecule has 1 N–H and O–H groups in total. The highest BCUT2D eigenvalue weighted by Crippen LogP contribution is 2.31. The number of hydrogen-bond donors (Lipinski definition) is 1. The van der Waals surface area contributed by atoms with Gasteiger partial charge in [-0.05, 0) is 50.1 Å². The minimum absolute atomic E-state index is 0.00715. The van der Waals surface area contributed by atoms with E-state index in [1.807, 2.05) is 31.2 Å². The number of anilines is 2. The number of benzene rings is 2. The molecule has 0 fully saturated rings. The van der Waals surface area contributed by atoms with E-state index in [-0.39, 0.29) is 28.1 Å². The molecule has 6 nitrogen and oxygen atoms in total. The second-order valence-corrected chi connectivity index (χ2v) is 7.15. The standard InChI is InChI=1S/C22H21ClN2O4/c1-4-14-8-5-6-11-17(14)24-19-18(23)20(26)25(21(19)27)16-10-7-9-15(12-16)22(28)29-13(2)3/h5-13,24H,4H2,1-3H3. The molecule has 150 valence electrons. The zero-order valence-corrected chi connectivity index (χ0v) is 17.1. The van der Waals surface area contributed by atoms with Gasteiger partial charge in [-0.1, -0.05) is 42.8 Å². The van der Waals surface area contributed by atoms with E-state index in [0.717, 1.165) is 16.9 Å². The van der Waals surface area contributed by atoms with Gasteiger partial charge in [0, 0.05) is 5.69 Å². The third-order valence-corrected chi connectivity index (χ3v) is 4.72. The molecule has 0 atom stereocenters. The average molecular weight is 413 g/mol. The summed E-state index contributed by atoms with van der Waals surface area (Å²) < 4.78 is 5.18. The van der Waals surface area contributed by atoms with Crippen molar-refractivity contribution in [3.05, 3.63) is 70.4 Å². The number of hydrogen-bond acceptors (Lipinski definition) is 5. The van der Waals surface area contributed by atoms with Gasteiger partial charge in [0.15, 0.2) is 0 Å². The second-order valence-electron chi connectivity index (χ2n) is 6.77. The van der Waals surface area contributed by atoms with E-state index in [0.29, 0.717) is 5.69 Å². The van der Waals surface area contributed by atoms with Crippen LogP contribution in [0.2, 0.25) is 0 Å². The smallest absolute Gasteiger partial charge is 0.338 e. The molecule has 1 aliphatic heterocycles. The Bertz CT molecular complexity index is 1010. The van der Waals surface area contributed by atoms with Crippen LogP contribution in [0.5, 0.6) is 0 Å². The molecule has 0 spiro atoms. The van der Waals surface area contributed by atoms with Crippen molar-refractivity contribution in [3.63, 3.8) is 0 Å². The lowest BCUT2D eigenvalue weighted by Gasteiger charge is -2.17. The lowest BCUT2D eigenvalue weighted by Crippen LogP contribution is -2.32. The molecular formula is C22H21ClN2O4. The second kappa shape index (κ2) is 8.49. The topological polar surface area (TPSA) is 75.7 Å². The number of rotatable bonds is 6. The highest BCUT2D eigenvalue weighted by atomic mass is 35.5. The summed E-state index contributed by atoms with van der Waals surface area (Å²) in [5, 5.41) is 2.80. The number of amides is 2. The molecule has 1 heterocycles. The molecule has 2 aromatic carbocycles. The summed E-state index contributed by atoms with van der Waals surface area (Å²) in [5.41, 5.74) is 2.19. The summed E-state index contributed by atoms with van der Waals surface area (Å²) in [6.45, 7) is 5.47. The van der Waals surface area contributed by atoms with Gasteiger partial charge in [-0.3, -0.25) is 9.59 Å². The molecule has 0 unspecified atom stereocenters. The number of carbonyl (C=O) groups is 3. The van der Waals surface area contributed by atoms with Crippen LogP contribution in [0, 0.1) is 0 Å². The predicted molar refractivity (Wildman–Crippen MR) is 112 cm³/mol. The van der Waals surface area contributed by atoms with Gasteiger partial charge < -0.3 is 10.1 Å².